The Hall–Kier alpha value is -1.68. The summed E-state index contributed by atoms with van der Waals surface area (Å²) in [5, 5.41) is 3.06. The number of aromatic nitrogens is 2. The molecule has 0 radical (unpaired) electrons. The molecule has 1 N–H and O–H groups in total. The molecule has 0 fully saturated rings. The Morgan fingerprint density at radius 1 is 1.41 bits per heavy atom. The van der Waals surface area contributed by atoms with Gasteiger partial charge in [0.1, 0.15) is 11.6 Å². The van der Waals surface area contributed by atoms with Gasteiger partial charge in [-0.15, -0.1) is 0 Å². The summed E-state index contributed by atoms with van der Waals surface area (Å²) in [6.07, 6.45) is 3.68. The second-order valence-electron chi connectivity index (χ2n) is 4.07. The van der Waals surface area contributed by atoms with Crippen LogP contribution in [-0.4, -0.2) is 16.6 Å². The highest BCUT2D eigenvalue weighted by molar-refractivity contribution is 5.27. The van der Waals surface area contributed by atoms with Gasteiger partial charge in [0.15, 0.2) is 0 Å². The van der Waals surface area contributed by atoms with Crippen molar-refractivity contribution in [3.8, 4) is 0 Å². The van der Waals surface area contributed by atoms with Crippen LogP contribution < -0.4 is 5.32 Å². The molecule has 1 aromatic carbocycles. The van der Waals surface area contributed by atoms with E-state index in [2.05, 4.69) is 10.3 Å². The lowest BCUT2D eigenvalue weighted by atomic mass is 10.1. The average Bonchev–Trinajstić information content (AvgIpc) is 2.72. The first kappa shape index (κ1) is 11.8. The lowest BCUT2D eigenvalue weighted by molar-refractivity contribution is 0.619. The summed E-state index contributed by atoms with van der Waals surface area (Å²) in [5.41, 5.74) is 2.08. The van der Waals surface area contributed by atoms with Crippen molar-refractivity contribution in [1.29, 1.82) is 0 Å². The Balaban J connectivity index is 2.25. The van der Waals surface area contributed by atoms with E-state index in [1.807, 2.05) is 24.7 Å². The number of nitrogens with zero attached hydrogens (tertiary/aromatic N) is 2. The molecule has 0 aliphatic heterocycles. The molecule has 1 aromatic heterocycles. The van der Waals surface area contributed by atoms with Crippen molar-refractivity contribution in [1.82, 2.24) is 14.9 Å². The largest absolute Gasteiger partial charge is 0.329 e. The van der Waals surface area contributed by atoms with Gasteiger partial charge < -0.3 is 9.88 Å². The van der Waals surface area contributed by atoms with E-state index < -0.39 is 0 Å². The normalized spacial score (nSPS) is 10.8. The Kier molecular flexibility index (Phi) is 3.54. The molecule has 3 nitrogen and oxygen atoms in total. The first-order chi connectivity index (χ1) is 8.20. The van der Waals surface area contributed by atoms with Crippen LogP contribution in [0.4, 0.5) is 4.39 Å². The van der Waals surface area contributed by atoms with Gasteiger partial charge in [-0.05, 0) is 37.2 Å². The molecule has 0 bridgehead atoms. The number of aryl methyl sites for hydroxylation is 1. The summed E-state index contributed by atoms with van der Waals surface area (Å²) in [6, 6.07) is 4.87. The maximum atomic E-state index is 13.2. The number of hydrogen-bond acceptors (Lipinski definition) is 2. The van der Waals surface area contributed by atoms with Gasteiger partial charge in [-0.1, -0.05) is 6.07 Å². The van der Waals surface area contributed by atoms with E-state index in [0.29, 0.717) is 13.1 Å². The van der Waals surface area contributed by atoms with E-state index in [9.17, 15) is 4.39 Å². The molecule has 2 rings (SSSR count). The molecule has 0 unspecified atom stereocenters. The average molecular weight is 233 g/mol. The third kappa shape index (κ3) is 2.71. The topological polar surface area (TPSA) is 29.9 Å². The fourth-order valence-electron chi connectivity index (χ4n) is 1.80. The van der Waals surface area contributed by atoms with Gasteiger partial charge in [-0.25, -0.2) is 9.37 Å². The summed E-state index contributed by atoms with van der Waals surface area (Å²) in [6.45, 7) is 3.35. The zero-order valence-electron chi connectivity index (χ0n) is 10.1. The third-order valence-electron chi connectivity index (χ3n) is 2.79. The number of rotatable bonds is 4. The van der Waals surface area contributed by atoms with Crippen LogP contribution in [0, 0.1) is 12.7 Å². The molecular formula is C13H16FN3. The van der Waals surface area contributed by atoms with Crippen LogP contribution in [0.1, 0.15) is 17.0 Å². The highest BCUT2D eigenvalue weighted by Gasteiger charge is 2.05. The zero-order valence-corrected chi connectivity index (χ0v) is 10.1. The lowest BCUT2D eigenvalue weighted by Crippen LogP contribution is -2.13. The van der Waals surface area contributed by atoms with Crippen molar-refractivity contribution in [2.24, 2.45) is 0 Å². The molecule has 17 heavy (non-hydrogen) atoms. The Bertz CT molecular complexity index is 505. The van der Waals surface area contributed by atoms with E-state index in [1.54, 1.807) is 18.3 Å². The minimum atomic E-state index is -0.194. The summed E-state index contributed by atoms with van der Waals surface area (Å²) in [4.78, 5) is 4.26. The fraction of sp³-hybridized carbons (Fsp3) is 0.308. The molecule has 0 spiro atoms. The molecule has 0 saturated carbocycles. The number of benzene rings is 1. The van der Waals surface area contributed by atoms with Crippen LogP contribution in [0.3, 0.4) is 0 Å². The Morgan fingerprint density at radius 2 is 2.24 bits per heavy atom. The molecule has 90 valence electrons. The first-order valence-electron chi connectivity index (χ1n) is 5.60. The summed E-state index contributed by atoms with van der Waals surface area (Å²) < 4.78 is 15.2. The van der Waals surface area contributed by atoms with E-state index in [-0.39, 0.29) is 5.82 Å². The van der Waals surface area contributed by atoms with E-state index in [4.69, 9.17) is 0 Å². The van der Waals surface area contributed by atoms with Gasteiger partial charge >= 0.3 is 0 Å². The number of halogens is 1. The molecule has 0 atom stereocenters. The molecule has 0 saturated heterocycles. The minimum absolute atomic E-state index is 0.194. The standard InChI is InChI=1S/C13H16FN3/c1-10-3-4-12(14)7-11(10)9-17-6-5-16-13(17)8-15-2/h3-7,15H,8-9H2,1-2H3. The summed E-state index contributed by atoms with van der Waals surface area (Å²) in [7, 11) is 1.88. The van der Waals surface area contributed by atoms with Crippen LogP contribution >= 0.6 is 0 Å². The van der Waals surface area contributed by atoms with Crippen molar-refractivity contribution in [3.05, 3.63) is 53.4 Å². The van der Waals surface area contributed by atoms with Gasteiger partial charge in [0, 0.05) is 18.9 Å². The van der Waals surface area contributed by atoms with Crippen molar-refractivity contribution < 1.29 is 4.39 Å². The maximum Gasteiger partial charge on any atom is 0.123 e. The Morgan fingerprint density at radius 3 is 3.00 bits per heavy atom. The highest BCUT2D eigenvalue weighted by Crippen LogP contribution is 2.13. The van der Waals surface area contributed by atoms with Gasteiger partial charge in [0.25, 0.3) is 0 Å². The molecule has 0 aliphatic carbocycles. The molecule has 4 heteroatoms. The number of nitrogens with one attached hydrogen (secondary N) is 1. The minimum Gasteiger partial charge on any atom is -0.329 e. The van der Waals surface area contributed by atoms with Gasteiger partial charge in [0.05, 0.1) is 6.54 Å². The van der Waals surface area contributed by atoms with Crippen LogP contribution in [-0.2, 0) is 13.1 Å². The van der Waals surface area contributed by atoms with Crippen molar-refractivity contribution >= 4 is 0 Å². The molecule has 1 heterocycles. The van der Waals surface area contributed by atoms with Crippen LogP contribution in [0.5, 0.6) is 0 Å². The fourth-order valence-corrected chi connectivity index (χ4v) is 1.80. The van der Waals surface area contributed by atoms with Crippen LogP contribution in [0.2, 0.25) is 0 Å². The first-order valence-corrected chi connectivity index (χ1v) is 5.60. The predicted octanol–water partition coefficient (Wildman–Crippen LogP) is 2.10. The van der Waals surface area contributed by atoms with Crippen molar-refractivity contribution in [2.45, 2.75) is 20.0 Å². The van der Waals surface area contributed by atoms with E-state index in [1.165, 1.54) is 6.07 Å². The van der Waals surface area contributed by atoms with Crippen molar-refractivity contribution in [3.63, 3.8) is 0 Å². The molecular weight excluding hydrogens is 217 g/mol. The summed E-state index contributed by atoms with van der Waals surface area (Å²) >= 11 is 0. The maximum absolute atomic E-state index is 13.2. The SMILES string of the molecule is CNCc1nccn1Cc1cc(F)ccc1C. The second kappa shape index (κ2) is 5.10. The predicted molar refractivity (Wildman–Crippen MR) is 65.2 cm³/mol. The Labute approximate surface area is 100 Å². The van der Waals surface area contributed by atoms with Crippen LogP contribution in [0.15, 0.2) is 30.6 Å². The van der Waals surface area contributed by atoms with E-state index in [0.717, 1.165) is 17.0 Å². The van der Waals surface area contributed by atoms with Crippen molar-refractivity contribution in [2.75, 3.05) is 7.05 Å². The lowest BCUT2D eigenvalue weighted by Gasteiger charge is -2.10. The van der Waals surface area contributed by atoms with Crippen LogP contribution in [0.25, 0.3) is 0 Å². The number of imidazole rings is 1. The molecule has 0 aliphatic rings. The van der Waals surface area contributed by atoms with E-state index >= 15 is 0 Å². The summed E-state index contributed by atoms with van der Waals surface area (Å²) in [5.74, 6) is 0.761. The van der Waals surface area contributed by atoms with Gasteiger partial charge in [-0.3, -0.25) is 0 Å². The molecule has 2 aromatic rings. The van der Waals surface area contributed by atoms with Gasteiger partial charge in [0.2, 0.25) is 0 Å². The van der Waals surface area contributed by atoms with Gasteiger partial charge in [-0.2, -0.15) is 0 Å². The highest BCUT2D eigenvalue weighted by atomic mass is 19.1. The second-order valence-corrected chi connectivity index (χ2v) is 4.07. The molecule has 0 amide bonds. The third-order valence-corrected chi connectivity index (χ3v) is 2.79. The zero-order chi connectivity index (χ0) is 12.3. The monoisotopic (exact) mass is 233 g/mol. The quantitative estimate of drug-likeness (QED) is 0.876. The number of hydrogen-bond donors (Lipinski definition) is 1. The smallest absolute Gasteiger partial charge is 0.123 e.